The summed E-state index contributed by atoms with van der Waals surface area (Å²) in [6, 6.07) is 10.9. The van der Waals surface area contributed by atoms with Crippen molar-refractivity contribution in [1.82, 2.24) is 14.5 Å². The van der Waals surface area contributed by atoms with Crippen molar-refractivity contribution >= 4 is 39.2 Å². The molecule has 0 N–H and O–H groups in total. The second-order valence-corrected chi connectivity index (χ2v) is 9.94. The molecule has 0 unspecified atom stereocenters. The zero-order chi connectivity index (χ0) is 22.7. The SMILES string of the molecule is O=C(OCc1nnc(-c2ccc(Cl)cc2)o1)c1ccc(Cl)c(S(=O)(=O)N2CCCCC2)c1. The highest BCUT2D eigenvalue weighted by atomic mass is 35.5. The van der Waals surface area contributed by atoms with Crippen molar-refractivity contribution in [2.24, 2.45) is 0 Å². The fourth-order valence-corrected chi connectivity index (χ4v) is 5.45. The molecule has 168 valence electrons. The summed E-state index contributed by atoms with van der Waals surface area (Å²) < 4.78 is 38.1. The second-order valence-electron chi connectivity index (χ2n) is 7.19. The first kappa shape index (κ1) is 22.7. The van der Waals surface area contributed by atoms with E-state index in [1.54, 1.807) is 24.3 Å². The number of aromatic nitrogens is 2. The lowest BCUT2D eigenvalue weighted by molar-refractivity contribution is 0.0438. The largest absolute Gasteiger partial charge is 0.452 e. The van der Waals surface area contributed by atoms with Crippen LogP contribution in [0, 0.1) is 0 Å². The summed E-state index contributed by atoms with van der Waals surface area (Å²) in [7, 11) is -3.80. The minimum Gasteiger partial charge on any atom is -0.452 e. The van der Waals surface area contributed by atoms with Gasteiger partial charge in [0.15, 0.2) is 6.61 Å². The van der Waals surface area contributed by atoms with Crippen LogP contribution in [-0.4, -0.2) is 42.0 Å². The van der Waals surface area contributed by atoms with Crippen LogP contribution in [0.3, 0.4) is 0 Å². The maximum atomic E-state index is 13.0. The lowest BCUT2D eigenvalue weighted by Crippen LogP contribution is -2.35. The number of carbonyl (C=O) groups is 1. The predicted octanol–water partition coefficient (Wildman–Crippen LogP) is 4.58. The molecule has 2 aromatic carbocycles. The Morgan fingerprint density at radius 2 is 1.75 bits per heavy atom. The molecule has 4 rings (SSSR count). The van der Waals surface area contributed by atoms with Gasteiger partial charge in [-0.15, -0.1) is 10.2 Å². The first-order valence-electron chi connectivity index (χ1n) is 9.90. The van der Waals surface area contributed by atoms with Gasteiger partial charge in [-0.25, -0.2) is 13.2 Å². The minimum absolute atomic E-state index is 0.0524. The number of esters is 1. The van der Waals surface area contributed by atoms with Crippen LogP contribution in [0.15, 0.2) is 51.8 Å². The monoisotopic (exact) mass is 495 g/mol. The number of hydrogen-bond donors (Lipinski definition) is 0. The van der Waals surface area contributed by atoms with Crippen LogP contribution in [0.4, 0.5) is 0 Å². The Morgan fingerprint density at radius 3 is 2.47 bits per heavy atom. The van der Waals surface area contributed by atoms with E-state index in [0.717, 1.165) is 19.3 Å². The zero-order valence-corrected chi connectivity index (χ0v) is 19.2. The highest BCUT2D eigenvalue weighted by molar-refractivity contribution is 7.89. The molecule has 1 fully saturated rings. The molecule has 0 spiro atoms. The van der Waals surface area contributed by atoms with Gasteiger partial charge >= 0.3 is 5.97 Å². The molecule has 0 amide bonds. The highest BCUT2D eigenvalue weighted by Crippen LogP contribution is 2.28. The van der Waals surface area contributed by atoms with Crippen LogP contribution >= 0.6 is 23.2 Å². The van der Waals surface area contributed by atoms with E-state index in [1.165, 1.54) is 22.5 Å². The van der Waals surface area contributed by atoms with Gasteiger partial charge in [0.25, 0.3) is 5.89 Å². The third-order valence-electron chi connectivity index (χ3n) is 4.98. The molecule has 0 saturated carbocycles. The molecule has 3 aromatic rings. The summed E-state index contributed by atoms with van der Waals surface area (Å²) in [5.41, 5.74) is 0.729. The van der Waals surface area contributed by atoms with Crippen molar-refractivity contribution in [2.45, 2.75) is 30.8 Å². The van der Waals surface area contributed by atoms with Gasteiger partial charge in [-0.2, -0.15) is 4.31 Å². The van der Waals surface area contributed by atoms with E-state index < -0.39 is 16.0 Å². The number of halogens is 2. The van der Waals surface area contributed by atoms with Crippen LogP contribution < -0.4 is 0 Å². The Labute approximate surface area is 195 Å². The summed E-state index contributed by atoms with van der Waals surface area (Å²) in [5, 5.41) is 8.41. The van der Waals surface area contributed by atoms with E-state index in [4.69, 9.17) is 32.4 Å². The molecule has 0 atom stereocenters. The predicted molar refractivity (Wildman–Crippen MR) is 118 cm³/mol. The van der Waals surface area contributed by atoms with E-state index >= 15 is 0 Å². The highest BCUT2D eigenvalue weighted by Gasteiger charge is 2.29. The molecule has 8 nitrogen and oxygen atoms in total. The molecule has 1 aromatic heterocycles. The number of rotatable bonds is 6. The fraction of sp³-hybridized carbons (Fsp3) is 0.286. The molecule has 0 bridgehead atoms. The Kier molecular flexibility index (Phi) is 6.80. The number of hydrogen-bond acceptors (Lipinski definition) is 7. The van der Waals surface area contributed by atoms with Gasteiger partial charge < -0.3 is 9.15 Å². The van der Waals surface area contributed by atoms with Crippen molar-refractivity contribution in [3.8, 4) is 11.5 Å². The average Bonchev–Trinajstić information content (AvgIpc) is 3.28. The maximum absolute atomic E-state index is 13.0. The van der Waals surface area contributed by atoms with Crippen molar-refractivity contribution in [1.29, 1.82) is 0 Å². The van der Waals surface area contributed by atoms with Crippen LogP contribution in [0.25, 0.3) is 11.5 Å². The van der Waals surface area contributed by atoms with Gasteiger partial charge in [0, 0.05) is 23.7 Å². The number of ether oxygens (including phenoxy) is 1. The molecule has 11 heteroatoms. The van der Waals surface area contributed by atoms with Gasteiger partial charge in [0.1, 0.15) is 4.90 Å². The molecule has 1 aliphatic rings. The third-order valence-corrected chi connectivity index (χ3v) is 7.62. The van der Waals surface area contributed by atoms with Crippen LogP contribution in [0.1, 0.15) is 35.5 Å². The fourth-order valence-electron chi connectivity index (χ4n) is 3.30. The first-order valence-corrected chi connectivity index (χ1v) is 12.1. The lowest BCUT2D eigenvalue weighted by atomic mass is 10.2. The summed E-state index contributed by atoms with van der Waals surface area (Å²) in [4.78, 5) is 12.4. The third kappa shape index (κ3) is 4.96. The molecule has 0 radical (unpaired) electrons. The molecule has 32 heavy (non-hydrogen) atoms. The van der Waals surface area contributed by atoms with Gasteiger partial charge in [-0.3, -0.25) is 0 Å². The van der Waals surface area contributed by atoms with Gasteiger partial charge in [-0.05, 0) is 55.3 Å². The molecule has 2 heterocycles. The molecule has 1 saturated heterocycles. The molecule has 0 aliphatic carbocycles. The smallest absolute Gasteiger partial charge is 0.338 e. The number of sulfonamides is 1. The zero-order valence-electron chi connectivity index (χ0n) is 16.8. The maximum Gasteiger partial charge on any atom is 0.338 e. The summed E-state index contributed by atoms with van der Waals surface area (Å²) in [6.07, 6.45) is 2.57. The molecular formula is C21H19Cl2N3O5S. The van der Waals surface area contributed by atoms with E-state index in [1.807, 2.05) is 0 Å². The molecular weight excluding hydrogens is 477 g/mol. The Balaban J connectivity index is 1.46. The van der Waals surface area contributed by atoms with Crippen molar-refractivity contribution in [2.75, 3.05) is 13.1 Å². The van der Waals surface area contributed by atoms with Crippen molar-refractivity contribution in [3.63, 3.8) is 0 Å². The number of piperidine rings is 1. The Bertz CT molecular complexity index is 1220. The summed E-state index contributed by atoms with van der Waals surface area (Å²) in [6.45, 7) is 0.594. The van der Waals surface area contributed by atoms with Crippen LogP contribution in [-0.2, 0) is 21.4 Å². The van der Waals surface area contributed by atoms with Crippen molar-refractivity contribution < 1.29 is 22.4 Å². The quantitative estimate of drug-likeness (QED) is 0.461. The van der Waals surface area contributed by atoms with Gasteiger partial charge in [0.2, 0.25) is 15.9 Å². The number of carbonyl (C=O) groups excluding carboxylic acids is 1. The number of benzene rings is 2. The Morgan fingerprint density at radius 1 is 1.03 bits per heavy atom. The Hall–Kier alpha value is -2.46. The van der Waals surface area contributed by atoms with E-state index in [2.05, 4.69) is 10.2 Å². The topological polar surface area (TPSA) is 103 Å². The summed E-state index contributed by atoms with van der Waals surface area (Å²) >= 11 is 12.0. The van der Waals surface area contributed by atoms with Crippen LogP contribution in [0.2, 0.25) is 10.0 Å². The van der Waals surface area contributed by atoms with Crippen LogP contribution in [0.5, 0.6) is 0 Å². The molecule has 1 aliphatic heterocycles. The van der Waals surface area contributed by atoms with E-state index in [-0.39, 0.29) is 33.9 Å². The first-order chi connectivity index (χ1) is 15.3. The van der Waals surface area contributed by atoms with E-state index in [9.17, 15) is 13.2 Å². The number of nitrogens with zero attached hydrogens (tertiary/aromatic N) is 3. The second kappa shape index (κ2) is 9.58. The van der Waals surface area contributed by atoms with Gasteiger partial charge in [0.05, 0.1) is 10.6 Å². The standard InChI is InChI=1S/C21H19Cl2N3O5S/c22-16-7-4-14(5-8-16)20-25-24-19(31-20)13-30-21(27)15-6-9-17(23)18(12-15)32(28,29)26-10-2-1-3-11-26/h4-9,12H,1-3,10-11,13H2. The summed E-state index contributed by atoms with van der Waals surface area (Å²) in [5.74, 6) is -0.379. The van der Waals surface area contributed by atoms with Gasteiger partial charge in [-0.1, -0.05) is 29.6 Å². The lowest BCUT2D eigenvalue weighted by Gasteiger charge is -2.26. The normalized spacial score (nSPS) is 14.9. The van der Waals surface area contributed by atoms with E-state index in [0.29, 0.717) is 23.7 Å². The minimum atomic E-state index is -3.80. The average molecular weight is 496 g/mol. The van der Waals surface area contributed by atoms with Crippen molar-refractivity contribution in [3.05, 3.63) is 64.0 Å².